The quantitative estimate of drug-likeness (QED) is 0.476. The number of hydrogen-bond donors (Lipinski definition) is 0. The molecule has 1 amide bonds. The first kappa shape index (κ1) is 23.7. The lowest BCUT2D eigenvalue weighted by molar-refractivity contribution is -0.130. The first-order valence-corrected chi connectivity index (χ1v) is 11.0. The fourth-order valence-corrected chi connectivity index (χ4v) is 3.58. The molecule has 3 rings (SSSR count). The van der Waals surface area contributed by atoms with Crippen molar-refractivity contribution in [2.24, 2.45) is 0 Å². The number of aryl methyl sites for hydroxylation is 2. The largest absolute Gasteiger partial charge is 0.383 e. The van der Waals surface area contributed by atoms with Crippen LogP contribution in [0.15, 0.2) is 28.8 Å². The number of rotatable bonds is 10. The van der Waals surface area contributed by atoms with Crippen molar-refractivity contribution >= 4 is 5.91 Å². The molecule has 0 aliphatic carbocycles. The molecule has 0 saturated carbocycles. The molecular weight excluding hydrogens is 406 g/mol. The molecule has 2 heterocycles. The zero-order valence-electron chi connectivity index (χ0n) is 19.9. The maximum absolute atomic E-state index is 12.7. The maximum Gasteiger partial charge on any atom is 0.227 e. The molecule has 0 N–H and O–H groups in total. The fourth-order valence-electron chi connectivity index (χ4n) is 3.58. The van der Waals surface area contributed by atoms with Gasteiger partial charge in [-0.25, -0.2) is 0 Å². The second kappa shape index (κ2) is 10.5. The Hall–Kier alpha value is -3.00. The first-order valence-electron chi connectivity index (χ1n) is 11.0. The zero-order chi connectivity index (χ0) is 23.3. The number of amides is 1. The van der Waals surface area contributed by atoms with Gasteiger partial charge < -0.3 is 14.2 Å². The predicted molar refractivity (Wildman–Crippen MR) is 122 cm³/mol. The van der Waals surface area contributed by atoms with Gasteiger partial charge >= 0.3 is 0 Å². The second-order valence-electron chi connectivity index (χ2n) is 8.40. The molecule has 0 saturated heterocycles. The molecule has 172 valence electrons. The maximum atomic E-state index is 12.7. The van der Waals surface area contributed by atoms with Gasteiger partial charge in [-0.15, -0.1) is 0 Å². The van der Waals surface area contributed by atoms with Crippen molar-refractivity contribution in [2.75, 3.05) is 20.8 Å². The fraction of sp³-hybridized carbons (Fsp3) is 0.500. The van der Waals surface area contributed by atoms with E-state index in [-0.39, 0.29) is 5.91 Å². The van der Waals surface area contributed by atoms with Gasteiger partial charge in [-0.05, 0) is 25.3 Å². The minimum atomic E-state index is 0.0227. The number of hydrogen-bond acceptors (Lipinski definition) is 6. The molecule has 0 bridgehead atoms. The SMILES string of the molecule is COCCn1nc(C)c(CN(C)C(=O)CCc2nc(-c3ccc(C(C)C)cc3)no2)c1C. The van der Waals surface area contributed by atoms with Crippen molar-refractivity contribution in [1.82, 2.24) is 24.8 Å². The van der Waals surface area contributed by atoms with Gasteiger partial charge in [0.2, 0.25) is 17.6 Å². The minimum Gasteiger partial charge on any atom is -0.383 e. The summed E-state index contributed by atoms with van der Waals surface area (Å²) in [5.74, 6) is 1.51. The standard InChI is InChI=1S/C24H33N5O3/c1-16(2)19-7-9-20(10-8-19)24-25-22(32-27-24)11-12-23(30)28(5)15-21-17(3)26-29(18(21)4)13-14-31-6/h7-10,16H,11-15H2,1-6H3. The summed E-state index contributed by atoms with van der Waals surface area (Å²) in [6.07, 6.45) is 0.714. The molecule has 32 heavy (non-hydrogen) atoms. The van der Waals surface area contributed by atoms with E-state index in [2.05, 4.69) is 41.2 Å². The Balaban J connectivity index is 1.56. The highest BCUT2D eigenvalue weighted by Gasteiger charge is 2.18. The molecule has 0 aliphatic heterocycles. The lowest BCUT2D eigenvalue weighted by Gasteiger charge is -2.17. The Morgan fingerprint density at radius 2 is 1.94 bits per heavy atom. The van der Waals surface area contributed by atoms with Gasteiger partial charge in [-0.2, -0.15) is 10.1 Å². The topological polar surface area (TPSA) is 86.3 Å². The van der Waals surface area contributed by atoms with Crippen molar-refractivity contribution in [3.63, 3.8) is 0 Å². The van der Waals surface area contributed by atoms with Gasteiger partial charge in [-0.3, -0.25) is 9.48 Å². The highest BCUT2D eigenvalue weighted by molar-refractivity contribution is 5.76. The number of carbonyl (C=O) groups excluding carboxylic acids is 1. The summed E-state index contributed by atoms with van der Waals surface area (Å²) in [7, 11) is 3.48. The van der Waals surface area contributed by atoms with Gasteiger partial charge in [0, 0.05) is 50.4 Å². The molecular formula is C24H33N5O3. The Morgan fingerprint density at radius 3 is 2.59 bits per heavy atom. The molecule has 0 unspecified atom stereocenters. The van der Waals surface area contributed by atoms with Crippen LogP contribution >= 0.6 is 0 Å². The number of nitrogens with zero attached hydrogens (tertiary/aromatic N) is 5. The summed E-state index contributed by atoms with van der Waals surface area (Å²) in [5.41, 5.74) is 5.24. The lowest BCUT2D eigenvalue weighted by atomic mass is 10.0. The van der Waals surface area contributed by atoms with Crippen LogP contribution in [0.2, 0.25) is 0 Å². The monoisotopic (exact) mass is 439 g/mol. The first-order chi connectivity index (χ1) is 15.3. The van der Waals surface area contributed by atoms with Crippen molar-refractivity contribution in [1.29, 1.82) is 0 Å². The Labute approximate surface area is 189 Å². The van der Waals surface area contributed by atoms with Gasteiger partial charge in [0.05, 0.1) is 18.8 Å². The third-order valence-electron chi connectivity index (χ3n) is 5.72. The van der Waals surface area contributed by atoms with Crippen LogP contribution in [0.25, 0.3) is 11.4 Å². The molecule has 8 heteroatoms. The minimum absolute atomic E-state index is 0.0227. The number of ether oxygens (including phenoxy) is 1. The van der Waals surface area contributed by atoms with Crippen LogP contribution in [0, 0.1) is 13.8 Å². The van der Waals surface area contributed by atoms with Gasteiger partial charge in [0.1, 0.15) is 0 Å². The van der Waals surface area contributed by atoms with Gasteiger partial charge in [0.25, 0.3) is 0 Å². The summed E-state index contributed by atoms with van der Waals surface area (Å²) in [6, 6.07) is 8.16. The lowest BCUT2D eigenvalue weighted by Crippen LogP contribution is -2.27. The molecule has 8 nitrogen and oxygen atoms in total. The Morgan fingerprint density at radius 1 is 1.22 bits per heavy atom. The summed E-state index contributed by atoms with van der Waals surface area (Å²) in [5, 5.41) is 8.64. The summed E-state index contributed by atoms with van der Waals surface area (Å²) >= 11 is 0. The van der Waals surface area contributed by atoms with E-state index in [1.165, 1.54) is 5.56 Å². The van der Waals surface area contributed by atoms with Gasteiger partial charge in [-0.1, -0.05) is 43.3 Å². The third kappa shape index (κ3) is 5.62. The molecule has 0 radical (unpaired) electrons. The average molecular weight is 440 g/mol. The van der Waals surface area contributed by atoms with Gasteiger partial charge in [0.15, 0.2) is 0 Å². The number of carbonyl (C=O) groups is 1. The van der Waals surface area contributed by atoms with Crippen LogP contribution in [0.5, 0.6) is 0 Å². The summed E-state index contributed by atoms with van der Waals surface area (Å²) in [6.45, 7) is 10.1. The average Bonchev–Trinajstić information content (AvgIpc) is 3.36. The molecule has 0 atom stereocenters. The molecule has 0 aliphatic rings. The van der Waals surface area contributed by atoms with Crippen molar-refractivity contribution < 1.29 is 14.1 Å². The van der Waals surface area contributed by atoms with Crippen LogP contribution in [0.3, 0.4) is 0 Å². The van der Waals surface area contributed by atoms with Crippen LogP contribution < -0.4 is 0 Å². The van der Waals surface area contributed by atoms with E-state index in [1.807, 2.05) is 37.7 Å². The van der Waals surface area contributed by atoms with E-state index in [1.54, 1.807) is 12.0 Å². The van der Waals surface area contributed by atoms with E-state index in [9.17, 15) is 4.79 Å². The smallest absolute Gasteiger partial charge is 0.227 e. The van der Waals surface area contributed by atoms with E-state index in [4.69, 9.17) is 9.26 Å². The third-order valence-corrected chi connectivity index (χ3v) is 5.72. The molecule has 0 fully saturated rings. The van der Waals surface area contributed by atoms with Crippen LogP contribution in [-0.2, 0) is 29.0 Å². The number of methoxy groups -OCH3 is 1. The molecule has 3 aromatic rings. The molecule has 2 aromatic heterocycles. The highest BCUT2D eigenvalue weighted by atomic mass is 16.5. The van der Waals surface area contributed by atoms with Crippen molar-refractivity contribution in [2.45, 2.75) is 59.5 Å². The van der Waals surface area contributed by atoms with Crippen molar-refractivity contribution in [3.8, 4) is 11.4 Å². The van der Waals surface area contributed by atoms with Crippen LogP contribution in [0.4, 0.5) is 0 Å². The van der Waals surface area contributed by atoms with E-state index < -0.39 is 0 Å². The second-order valence-corrected chi connectivity index (χ2v) is 8.40. The van der Waals surface area contributed by atoms with E-state index >= 15 is 0 Å². The highest BCUT2D eigenvalue weighted by Crippen LogP contribution is 2.21. The predicted octanol–water partition coefficient (Wildman–Crippen LogP) is 3.91. The van der Waals surface area contributed by atoms with E-state index in [0.717, 1.165) is 22.5 Å². The van der Waals surface area contributed by atoms with Crippen molar-refractivity contribution in [3.05, 3.63) is 52.7 Å². The normalized spacial score (nSPS) is 11.3. The summed E-state index contributed by atoms with van der Waals surface area (Å²) in [4.78, 5) is 18.9. The Kier molecular flexibility index (Phi) is 7.80. The van der Waals surface area contributed by atoms with Crippen LogP contribution in [0.1, 0.15) is 54.6 Å². The number of aromatic nitrogens is 4. The van der Waals surface area contributed by atoms with E-state index in [0.29, 0.717) is 50.2 Å². The number of benzene rings is 1. The molecule has 1 aromatic carbocycles. The molecule has 0 spiro atoms. The summed E-state index contributed by atoms with van der Waals surface area (Å²) < 4.78 is 12.4. The zero-order valence-corrected chi connectivity index (χ0v) is 19.9. The van der Waals surface area contributed by atoms with Crippen LogP contribution in [-0.4, -0.2) is 51.5 Å². The Bertz CT molecular complexity index is 1040.